The van der Waals surface area contributed by atoms with Crippen LogP contribution in [0.5, 0.6) is 0 Å². The quantitative estimate of drug-likeness (QED) is 0.391. The van der Waals surface area contributed by atoms with Crippen molar-refractivity contribution in [1.29, 1.82) is 0 Å². The van der Waals surface area contributed by atoms with Crippen LogP contribution < -0.4 is 5.56 Å². The van der Waals surface area contributed by atoms with Crippen molar-refractivity contribution in [3.8, 4) is 5.69 Å². The molecule has 3 aromatic rings. The SMILES string of the molecule is CCCc1sc2nc(SCC(=O)N3CCOCC3)n(-c3ccc(Cl)cc3)c(=O)c2c1C. The lowest BCUT2D eigenvalue weighted by Gasteiger charge is -2.26. The first kappa shape index (κ1) is 22.3. The van der Waals surface area contributed by atoms with E-state index in [2.05, 4.69) is 6.92 Å². The maximum absolute atomic E-state index is 13.6. The standard InChI is InChI=1S/C22H24ClN3O3S2/c1-3-4-17-14(2)19-20(31-17)24-22(30-13-18(27)25-9-11-29-12-10-25)26(21(19)28)16-7-5-15(23)6-8-16/h5-8H,3-4,9-13H2,1-2H3. The fourth-order valence-corrected chi connectivity index (χ4v) is 5.98. The summed E-state index contributed by atoms with van der Waals surface area (Å²) >= 11 is 8.93. The second-order valence-electron chi connectivity index (χ2n) is 7.37. The molecule has 1 saturated heterocycles. The van der Waals surface area contributed by atoms with E-state index in [0.29, 0.717) is 47.6 Å². The van der Waals surface area contributed by atoms with Gasteiger partial charge in [-0.1, -0.05) is 36.7 Å². The van der Waals surface area contributed by atoms with Gasteiger partial charge in [0.25, 0.3) is 5.56 Å². The van der Waals surface area contributed by atoms with Gasteiger partial charge < -0.3 is 9.64 Å². The molecule has 0 spiro atoms. The summed E-state index contributed by atoms with van der Waals surface area (Å²) in [6, 6.07) is 7.12. The topological polar surface area (TPSA) is 64.4 Å². The Morgan fingerprint density at radius 2 is 1.97 bits per heavy atom. The van der Waals surface area contributed by atoms with Crippen molar-refractivity contribution in [3.05, 3.63) is 50.1 Å². The molecule has 0 unspecified atom stereocenters. The molecule has 0 aliphatic carbocycles. The lowest BCUT2D eigenvalue weighted by atomic mass is 10.1. The van der Waals surface area contributed by atoms with Crippen LogP contribution in [0.1, 0.15) is 23.8 Å². The number of thioether (sulfide) groups is 1. The van der Waals surface area contributed by atoms with Crippen LogP contribution in [0.4, 0.5) is 0 Å². The van der Waals surface area contributed by atoms with Gasteiger partial charge in [-0.2, -0.15) is 0 Å². The zero-order valence-corrected chi connectivity index (χ0v) is 19.9. The number of carbonyl (C=O) groups is 1. The molecular weight excluding hydrogens is 454 g/mol. The normalized spacial score (nSPS) is 14.4. The van der Waals surface area contributed by atoms with E-state index in [1.807, 2.05) is 6.92 Å². The summed E-state index contributed by atoms with van der Waals surface area (Å²) in [5, 5.41) is 1.78. The summed E-state index contributed by atoms with van der Waals surface area (Å²) in [7, 11) is 0. The van der Waals surface area contributed by atoms with Crippen LogP contribution in [0.2, 0.25) is 5.02 Å². The molecule has 164 valence electrons. The monoisotopic (exact) mass is 477 g/mol. The van der Waals surface area contributed by atoms with E-state index in [9.17, 15) is 9.59 Å². The molecule has 3 heterocycles. The van der Waals surface area contributed by atoms with Crippen LogP contribution in [0.3, 0.4) is 0 Å². The van der Waals surface area contributed by atoms with E-state index in [-0.39, 0.29) is 17.2 Å². The molecule has 0 saturated carbocycles. The van der Waals surface area contributed by atoms with Crippen LogP contribution in [-0.4, -0.2) is 52.4 Å². The highest BCUT2D eigenvalue weighted by Gasteiger charge is 2.22. The third-order valence-electron chi connectivity index (χ3n) is 5.28. The molecule has 4 rings (SSSR count). The average molecular weight is 478 g/mol. The Balaban J connectivity index is 1.76. The van der Waals surface area contributed by atoms with Gasteiger partial charge in [-0.25, -0.2) is 4.98 Å². The number of fused-ring (bicyclic) bond motifs is 1. The number of aryl methyl sites for hydroxylation is 2. The number of halogens is 1. The predicted octanol–water partition coefficient (Wildman–Crippen LogP) is 4.31. The van der Waals surface area contributed by atoms with Gasteiger partial charge >= 0.3 is 0 Å². The molecule has 1 aliphatic heterocycles. The van der Waals surface area contributed by atoms with E-state index >= 15 is 0 Å². The number of morpholine rings is 1. The number of amides is 1. The number of nitrogens with zero attached hydrogens (tertiary/aromatic N) is 3. The van der Waals surface area contributed by atoms with Crippen LogP contribution in [0, 0.1) is 6.92 Å². The van der Waals surface area contributed by atoms with Gasteiger partial charge in [0, 0.05) is 23.0 Å². The zero-order valence-electron chi connectivity index (χ0n) is 17.5. The van der Waals surface area contributed by atoms with E-state index in [1.165, 1.54) is 16.6 Å². The first-order valence-corrected chi connectivity index (χ1v) is 12.5. The minimum absolute atomic E-state index is 0.0272. The van der Waals surface area contributed by atoms with Gasteiger partial charge in [-0.05, 0) is 43.2 Å². The fourth-order valence-electron chi connectivity index (χ4n) is 3.62. The third kappa shape index (κ3) is 4.67. The maximum Gasteiger partial charge on any atom is 0.267 e. The second kappa shape index (κ2) is 9.73. The van der Waals surface area contributed by atoms with Crippen molar-refractivity contribution < 1.29 is 9.53 Å². The maximum atomic E-state index is 13.6. The predicted molar refractivity (Wildman–Crippen MR) is 127 cm³/mol. The molecule has 1 fully saturated rings. The molecule has 31 heavy (non-hydrogen) atoms. The van der Waals surface area contributed by atoms with Crippen LogP contribution in [-0.2, 0) is 16.0 Å². The van der Waals surface area contributed by atoms with E-state index in [1.54, 1.807) is 45.1 Å². The Morgan fingerprint density at radius 3 is 2.65 bits per heavy atom. The second-order valence-corrected chi connectivity index (χ2v) is 9.84. The lowest BCUT2D eigenvalue weighted by molar-refractivity contribution is -0.132. The number of ether oxygens (including phenoxy) is 1. The van der Waals surface area contributed by atoms with Crippen LogP contribution >= 0.6 is 34.7 Å². The molecule has 1 aliphatic rings. The van der Waals surface area contributed by atoms with E-state index < -0.39 is 0 Å². The van der Waals surface area contributed by atoms with Crippen molar-refractivity contribution in [2.24, 2.45) is 0 Å². The molecule has 0 atom stereocenters. The number of hydrogen-bond acceptors (Lipinski definition) is 6. The zero-order chi connectivity index (χ0) is 22.0. The van der Waals surface area contributed by atoms with Gasteiger partial charge in [0.2, 0.25) is 5.91 Å². The summed E-state index contributed by atoms with van der Waals surface area (Å²) in [5.74, 6) is 0.247. The average Bonchev–Trinajstić information content (AvgIpc) is 3.09. The number of benzene rings is 1. The first-order chi connectivity index (χ1) is 15.0. The number of aromatic nitrogens is 2. The summed E-state index contributed by atoms with van der Waals surface area (Å²) in [5.41, 5.74) is 1.58. The number of thiophene rings is 1. The Labute approximate surface area is 194 Å². The fraction of sp³-hybridized carbons (Fsp3) is 0.409. The smallest absolute Gasteiger partial charge is 0.267 e. The Morgan fingerprint density at radius 1 is 1.26 bits per heavy atom. The molecule has 1 amide bonds. The van der Waals surface area contributed by atoms with Crippen molar-refractivity contribution in [2.45, 2.75) is 31.8 Å². The Hall–Kier alpha value is -1.87. The van der Waals surface area contributed by atoms with Crippen LogP contribution in [0.25, 0.3) is 15.9 Å². The summed E-state index contributed by atoms with van der Waals surface area (Å²) in [6.07, 6.45) is 1.93. The molecular formula is C22H24ClN3O3S2. The Bertz CT molecular complexity index is 1150. The van der Waals surface area contributed by atoms with Gasteiger partial charge in [0.15, 0.2) is 5.16 Å². The number of rotatable bonds is 6. The molecule has 2 aromatic heterocycles. The van der Waals surface area contributed by atoms with Crippen molar-refractivity contribution in [1.82, 2.24) is 14.5 Å². The minimum Gasteiger partial charge on any atom is -0.378 e. The highest BCUT2D eigenvalue weighted by Crippen LogP contribution is 2.31. The van der Waals surface area contributed by atoms with E-state index in [4.69, 9.17) is 21.3 Å². The summed E-state index contributed by atoms with van der Waals surface area (Å²) in [6.45, 7) is 6.44. The van der Waals surface area contributed by atoms with Gasteiger partial charge in [-0.15, -0.1) is 11.3 Å². The van der Waals surface area contributed by atoms with Gasteiger partial charge in [0.05, 0.1) is 30.0 Å². The highest BCUT2D eigenvalue weighted by atomic mass is 35.5. The molecule has 1 aromatic carbocycles. The Kier molecular flexibility index (Phi) is 7.01. The number of carbonyl (C=O) groups excluding carboxylic acids is 1. The highest BCUT2D eigenvalue weighted by molar-refractivity contribution is 7.99. The van der Waals surface area contributed by atoms with Gasteiger partial charge in [0.1, 0.15) is 4.83 Å². The van der Waals surface area contributed by atoms with E-state index in [0.717, 1.165) is 23.2 Å². The van der Waals surface area contributed by atoms with Gasteiger partial charge in [-0.3, -0.25) is 14.2 Å². The summed E-state index contributed by atoms with van der Waals surface area (Å²) in [4.78, 5) is 34.8. The van der Waals surface area contributed by atoms with Crippen molar-refractivity contribution in [3.63, 3.8) is 0 Å². The molecule has 6 nitrogen and oxygen atoms in total. The molecule has 0 radical (unpaired) electrons. The summed E-state index contributed by atoms with van der Waals surface area (Å²) < 4.78 is 6.93. The van der Waals surface area contributed by atoms with Crippen molar-refractivity contribution >= 4 is 50.8 Å². The molecule has 0 N–H and O–H groups in total. The lowest BCUT2D eigenvalue weighted by Crippen LogP contribution is -2.41. The molecule has 9 heteroatoms. The third-order valence-corrected chi connectivity index (χ3v) is 7.70. The van der Waals surface area contributed by atoms with Crippen LogP contribution in [0.15, 0.2) is 34.2 Å². The first-order valence-electron chi connectivity index (χ1n) is 10.3. The van der Waals surface area contributed by atoms with Crippen molar-refractivity contribution in [2.75, 3.05) is 32.1 Å². The minimum atomic E-state index is -0.107. The largest absolute Gasteiger partial charge is 0.378 e. The number of hydrogen-bond donors (Lipinski definition) is 0. The molecule has 0 bridgehead atoms.